The lowest BCUT2D eigenvalue weighted by atomic mass is 10.2. The molecule has 72 valence electrons. The van der Waals surface area contributed by atoms with Gasteiger partial charge in [0.15, 0.2) is 5.76 Å². The number of ether oxygens (including phenoxy) is 1. The Hall–Kier alpha value is -1.10. The van der Waals surface area contributed by atoms with Crippen LogP contribution >= 0.6 is 15.9 Å². The summed E-state index contributed by atoms with van der Waals surface area (Å²) in [6.07, 6.45) is 0. The summed E-state index contributed by atoms with van der Waals surface area (Å²) in [6, 6.07) is 0. The third kappa shape index (κ3) is 3.02. The number of halogens is 1. The van der Waals surface area contributed by atoms with Crippen molar-refractivity contribution in [1.29, 1.82) is 0 Å². The van der Waals surface area contributed by atoms with Crippen LogP contribution in [0.15, 0.2) is 34.7 Å². The Morgan fingerprint density at radius 1 is 1.54 bits per heavy atom. The van der Waals surface area contributed by atoms with Gasteiger partial charge in [0.1, 0.15) is 0 Å². The van der Waals surface area contributed by atoms with Gasteiger partial charge in [0.2, 0.25) is 0 Å². The maximum atomic E-state index is 10.6. The predicted octanol–water partition coefficient (Wildman–Crippen LogP) is 2.61. The molecule has 0 aliphatic rings. The lowest BCUT2D eigenvalue weighted by Gasteiger charge is -2.04. The van der Waals surface area contributed by atoms with E-state index < -0.39 is 4.92 Å². The molecule has 4 nitrogen and oxygen atoms in total. The van der Waals surface area contributed by atoms with Crippen molar-refractivity contribution in [2.24, 2.45) is 0 Å². The summed E-state index contributed by atoms with van der Waals surface area (Å²) >= 11 is 3.05. The minimum Gasteiger partial charge on any atom is -0.491 e. The molecule has 0 unspecified atom stereocenters. The van der Waals surface area contributed by atoms with Gasteiger partial charge < -0.3 is 4.74 Å². The molecule has 0 spiro atoms. The summed E-state index contributed by atoms with van der Waals surface area (Å²) in [7, 11) is 1.33. The second-order valence-corrected chi connectivity index (χ2v) is 3.22. The fraction of sp³-hybridized carbons (Fsp3) is 0.250. The van der Waals surface area contributed by atoms with Crippen LogP contribution < -0.4 is 0 Å². The topological polar surface area (TPSA) is 52.4 Å². The Balaban J connectivity index is 5.25. The van der Waals surface area contributed by atoms with Crippen LogP contribution in [-0.4, -0.2) is 12.0 Å². The van der Waals surface area contributed by atoms with Crippen molar-refractivity contribution >= 4 is 15.9 Å². The van der Waals surface area contributed by atoms with E-state index >= 15 is 0 Å². The van der Waals surface area contributed by atoms with Crippen LogP contribution in [0.3, 0.4) is 0 Å². The molecule has 0 fully saturated rings. The first-order valence-electron chi connectivity index (χ1n) is 3.35. The van der Waals surface area contributed by atoms with Gasteiger partial charge in [-0.3, -0.25) is 10.1 Å². The Morgan fingerprint density at radius 2 is 2.00 bits per heavy atom. The molecular formula is C8H10BrNO3. The molecule has 0 aromatic carbocycles. The van der Waals surface area contributed by atoms with Gasteiger partial charge in [-0.2, -0.15) is 0 Å². The van der Waals surface area contributed by atoms with E-state index in [1.54, 1.807) is 6.92 Å². The Morgan fingerprint density at radius 3 is 2.23 bits per heavy atom. The molecule has 0 saturated heterocycles. The number of allylic oxidation sites excluding steroid dienone is 2. The molecule has 0 bridgehead atoms. The standard InChI is InChI=1S/C8H10BrNO3/c1-5(6(2)9)8(10(11)12)7(3)13-4/h2-3H2,1,4H3/b8-5+. The zero-order chi connectivity index (χ0) is 10.6. The first-order valence-corrected chi connectivity index (χ1v) is 4.14. The number of methoxy groups -OCH3 is 1. The van der Waals surface area contributed by atoms with Crippen LogP contribution in [0, 0.1) is 10.1 Å². The predicted molar refractivity (Wildman–Crippen MR) is 53.9 cm³/mol. The van der Waals surface area contributed by atoms with Gasteiger partial charge in [-0.15, -0.1) is 0 Å². The fourth-order valence-electron chi connectivity index (χ4n) is 0.673. The molecule has 0 amide bonds. The normalized spacial score (nSPS) is 11.6. The molecule has 0 aliphatic heterocycles. The van der Waals surface area contributed by atoms with Crippen molar-refractivity contribution < 1.29 is 9.66 Å². The van der Waals surface area contributed by atoms with Crippen LogP contribution in [0.1, 0.15) is 6.92 Å². The van der Waals surface area contributed by atoms with Crippen LogP contribution in [0.5, 0.6) is 0 Å². The Bertz CT molecular complexity index is 294. The largest absolute Gasteiger partial charge is 0.491 e. The smallest absolute Gasteiger partial charge is 0.314 e. The lowest BCUT2D eigenvalue weighted by Crippen LogP contribution is -2.05. The number of nitro groups is 1. The van der Waals surface area contributed by atoms with E-state index in [-0.39, 0.29) is 11.5 Å². The molecular weight excluding hydrogens is 238 g/mol. The van der Waals surface area contributed by atoms with Gasteiger partial charge in [-0.05, 0) is 13.5 Å². The van der Waals surface area contributed by atoms with Crippen LogP contribution in [0.4, 0.5) is 0 Å². The highest BCUT2D eigenvalue weighted by Gasteiger charge is 2.20. The summed E-state index contributed by atoms with van der Waals surface area (Å²) in [4.78, 5) is 10.0. The van der Waals surface area contributed by atoms with Crippen molar-refractivity contribution in [2.45, 2.75) is 6.92 Å². The molecule has 0 radical (unpaired) electrons. The van der Waals surface area contributed by atoms with Crippen LogP contribution in [-0.2, 0) is 4.74 Å². The Kier molecular flexibility index (Phi) is 4.40. The zero-order valence-electron chi connectivity index (χ0n) is 7.46. The first-order chi connectivity index (χ1) is 5.91. The van der Waals surface area contributed by atoms with Crippen molar-refractivity contribution in [3.63, 3.8) is 0 Å². The number of nitrogens with zero attached hydrogens (tertiary/aromatic N) is 1. The van der Waals surface area contributed by atoms with Gasteiger partial charge in [0.05, 0.1) is 12.0 Å². The summed E-state index contributed by atoms with van der Waals surface area (Å²) in [6.45, 7) is 8.52. The molecule has 13 heavy (non-hydrogen) atoms. The molecule has 0 atom stereocenters. The minimum absolute atomic E-state index is 0.0168. The van der Waals surface area contributed by atoms with Crippen molar-refractivity contribution in [3.8, 4) is 0 Å². The average Bonchev–Trinajstić information content (AvgIpc) is 2.03. The van der Waals surface area contributed by atoms with Gasteiger partial charge in [-0.25, -0.2) is 0 Å². The highest BCUT2D eigenvalue weighted by atomic mass is 79.9. The van der Waals surface area contributed by atoms with Crippen LogP contribution in [0.2, 0.25) is 0 Å². The third-order valence-electron chi connectivity index (χ3n) is 1.46. The molecule has 0 aromatic rings. The van der Waals surface area contributed by atoms with Gasteiger partial charge in [-0.1, -0.05) is 22.5 Å². The molecule has 0 rings (SSSR count). The number of hydrogen-bond donors (Lipinski definition) is 0. The molecule has 0 aromatic heterocycles. The van der Waals surface area contributed by atoms with E-state index in [9.17, 15) is 10.1 Å². The lowest BCUT2D eigenvalue weighted by molar-refractivity contribution is -0.425. The fourth-order valence-corrected chi connectivity index (χ4v) is 0.861. The molecule has 0 N–H and O–H groups in total. The first kappa shape index (κ1) is 11.9. The van der Waals surface area contributed by atoms with E-state index in [0.29, 0.717) is 10.1 Å². The van der Waals surface area contributed by atoms with Crippen LogP contribution in [0.25, 0.3) is 0 Å². The molecule has 0 heterocycles. The van der Waals surface area contributed by atoms with Crippen molar-refractivity contribution in [1.82, 2.24) is 0 Å². The molecule has 0 saturated carbocycles. The zero-order valence-corrected chi connectivity index (χ0v) is 9.05. The highest BCUT2D eigenvalue weighted by molar-refractivity contribution is 9.11. The second kappa shape index (κ2) is 4.81. The summed E-state index contributed by atoms with van der Waals surface area (Å²) < 4.78 is 5.13. The number of hydrogen-bond acceptors (Lipinski definition) is 3. The van der Waals surface area contributed by atoms with E-state index in [1.807, 2.05) is 0 Å². The summed E-state index contributed by atoms with van der Waals surface area (Å²) in [5.41, 5.74) is 0.237. The van der Waals surface area contributed by atoms with Gasteiger partial charge >= 0.3 is 5.70 Å². The highest BCUT2D eigenvalue weighted by Crippen LogP contribution is 2.22. The van der Waals surface area contributed by atoms with E-state index in [2.05, 4.69) is 33.8 Å². The Labute approximate surface area is 84.9 Å². The second-order valence-electron chi connectivity index (χ2n) is 2.26. The summed E-state index contributed by atoms with van der Waals surface area (Å²) in [5.74, 6) is 0.0168. The van der Waals surface area contributed by atoms with Gasteiger partial charge in [0, 0.05) is 10.1 Å². The minimum atomic E-state index is -0.548. The summed E-state index contributed by atoms with van der Waals surface area (Å²) in [5, 5.41) is 10.6. The van der Waals surface area contributed by atoms with E-state index in [0.717, 1.165) is 0 Å². The maximum absolute atomic E-state index is 10.6. The third-order valence-corrected chi connectivity index (χ3v) is 2.05. The quantitative estimate of drug-likeness (QED) is 0.332. The SMILES string of the molecule is C=C(Br)/C(C)=C(\C(=C)OC)[N+](=O)[O-]. The number of rotatable bonds is 4. The maximum Gasteiger partial charge on any atom is 0.314 e. The van der Waals surface area contributed by atoms with Crippen molar-refractivity contribution in [3.05, 3.63) is 44.8 Å². The van der Waals surface area contributed by atoms with Gasteiger partial charge in [0.25, 0.3) is 0 Å². The van der Waals surface area contributed by atoms with Crippen molar-refractivity contribution in [2.75, 3.05) is 7.11 Å². The van der Waals surface area contributed by atoms with E-state index in [4.69, 9.17) is 0 Å². The van der Waals surface area contributed by atoms with E-state index in [1.165, 1.54) is 7.11 Å². The average molecular weight is 248 g/mol. The molecule has 0 aliphatic carbocycles. The monoisotopic (exact) mass is 247 g/mol. The molecule has 5 heteroatoms.